The number of amides is 1. The number of hydrogen-bond acceptors (Lipinski definition) is 4. The average molecular weight is 437 g/mol. The van der Waals surface area contributed by atoms with Gasteiger partial charge in [-0.15, -0.1) is 0 Å². The fraction of sp³-hybridized carbons (Fsp3) is 0.160. The number of aliphatic hydroxyl groups excluding tert-OH is 1. The first-order valence-electron chi connectivity index (χ1n) is 9.89. The van der Waals surface area contributed by atoms with Crippen molar-refractivity contribution in [3.05, 3.63) is 101 Å². The van der Waals surface area contributed by atoms with Gasteiger partial charge in [0.25, 0.3) is 5.91 Å². The van der Waals surface area contributed by atoms with Crippen LogP contribution in [-0.2, 0) is 11.3 Å². The lowest BCUT2D eigenvalue weighted by molar-refractivity contribution is -0.130. The van der Waals surface area contributed by atoms with E-state index in [0.29, 0.717) is 28.2 Å². The van der Waals surface area contributed by atoms with E-state index in [0.717, 1.165) is 17.7 Å². The van der Waals surface area contributed by atoms with E-state index >= 15 is 0 Å². The average Bonchev–Trinajstić information content (AvgIpc) is 3.06. The van der Waals surface area contributed by atoms with Crippen molar-refractivity contribution >= 4 is 11.5 Å². The van der Waals surface area contributed by atoms with E-state index in [1.54, 1.807) is 55.6 Å². The number of carbonyl (C=O) groups is 1. The van der Waals surface area contributed by atoms with E-state index in [1.165, 1.54) is 18.1 Å². The molecule has 0 aromatic heterocycles. The van der Waals surface area contributed by atoms with Gasteiger partial charge in [0.1, 0.15) is 11.5 Å². The van der Waals surface area contributed by atoms with Crippen LogP contribution in [0, 0.1) is 11.6 Å². The van der Waals surface area contributed by atoms with Gasteiger partial charge in [-0.05, 0) is 53.1 Å². The predicted molar refractivity (Wildman–Crippen MR) is 115 cm³/mol. The molecular formula is C25H21F2NO4. The van der Waals surface area contributed by atoms with Crippen molar-refractivity contribution in [3.8, 4) is 11.5 Å². The molecule has 0 saturated carbocycles. The summed E-state index contributed by atoms with van der Waals surface area (Å²) in [6, 6.07) is 16.6. The van der Waals surface area contributed by atoms with E-state index in [9.17, 15) is 18.7 Å². The monoisotopic (exact) mass is 437 g/mol. The normalized spacial score (nSPS) is 15.9. The Kier molecular flexibility index (Phi) is 5.81. The number of carbonyl (C=O) groups excluding carboxylic acids is 1. The molecule has 0 aliphatic carbocycles. The summed E-state index contributed by atoms with van der Waals surface area (Å²) >= 11 is 0. The maximum atomic E-state index is 14.1. The fourth-order valence-corrected chi connectivity index (χ4v) is 3.84. The Hall–Kier alpha value is -3.87. The van der Waals surface area contributed by atoms with Crippen molar-refractivity contribution in [1.82, 2.24) is 4.90 Å². The minimum absolute atomic E-state index is 0.149. The molecule has 0 bridgehead atoms. The second-order valence-electron chi connectivity index (χ2n) is 7.35. The molecule has 1 unspecified atom stereocenters. The number of ether oxygens (including phenoxy) is 2. The summed E-state index contributed by atoms with van der Waals surface area (Å²) in [6.45, 7) is 0.149. The van der Waals surface area contributed by atoms with Crippen LogP contribution in [0.5, 0.6) is 11.5 Å². The second kappa shape index (κ2) is 8.70. The minimum Gasteiger partial charge on any atom is -0.503 e. The number of aliphatic hydroxyl groups is 1. The minimum atomic E-state index is -1.03. The maximum absolute atomic E-state index is 14.1. The van der Waals surface area contributed by atoms with Gasteiger partial charge in [-0.1, -0.05) is 30.3 Å². The Morgan fingerprint density at radius 3 is 2.03 bits per heavy atom. The Morgan fingerprint density at radius 2 is 1.47 bits per heavy atom. The molecule has 32 heavy (non-hydrogen) atoms. The number of hydrogen-bond donors (Lipinski definition) is 1. The molecule has 1 atom stereocenters. The van der Waals surface area contributed by atoms with E-state index in [-0.39, 0.29) is 6.54 Å². The van der Waals surface area contributed by atoms with Crippen molar-refractivity contribution in [3.63, 3.8) is 0 Å². The summed E-state index contributed by atoms with van der Waals surface area (Å²) in [4.78, 5) is 14.5. The highest BCUT2D eigenvalue weighted by atomic mass is 19.2. The lowest BCUT2D eigenvalue weighted by Crippen LogP contribution is -2.30. The van der Waals surface area contributed by atoms with Crippen LogP contribution >= 0.6 is 0 Å². The third-order valence-corrected chi connectivity index (χ3v) is 5.48. The van der Waals surface area contributed by atoms with Crippen molar-refractivity contribution in [2.24, 2.45) is 0 Å². The molecule has 4 rings (SSSR count). The van der Waals surface area contributed by atoms with E-state index in [1.807, 2.05) is 0 Å². The molecular weight excluding hydrogens is 416 g/mol. The van der Waals surface area contributed by atoms with Crippen molar-refractivity contribution in [2.45, 2.75) is 12.6 Å². The van der Waals surface area contributed by atoms with Crippen LogP contribution in [0.25, 0.3) is 5.57 Å². The molecule has 1 aliphatic rings. The zero-order chi connectivity index (χ0) is 22.8. The zero-order valence-corrected chi connectivity index (χ0v) is 17.5. The van der Waals surface area contributed by atoms with Crippen molar-refractivity contribution in [1.29, 1.82) is 0 Å². The third-order valence-electron chi connectivity index (χ3n) is 5.48. The van der Waals surface area contributed by atoms with E-state index < -0.39 is 29.3 Å². The van der Waals surface area contributed by atoms with Gasteiger partial charge in [0, 0.05) is 12.1 Å². The highest BCUT2D eigenvalue weighted by Gasteiger charge is 2.41. The molecule has 0 radical (unpaired) electrons. The Bertz CT molecular complexity index is 1170. The summed E-state index contributed by atoms with van der Waals surface area (Å²) < 4.78 is 38.1. The van der Waals surface area contributed by atoms with Crippen LogP contribution in [0.4, 0.5) is 8.78 Å². The molecule has 1 amide bonds. The highest BCUT2D eigenvalue weighted by molar-refractivity contribution is 6.05. The summed E-state index contributed by atoms with van der Waals surface area (Å²) in [7, 11) is 3.09. The van der Waals surface area contributed by atoms with Gasteiger partial charge in [0.2, 0.25) is 0 Å². The van der Waals surface area contributed by atoms with E-state index in [2.05, 4.69) is 0 Å². The van der Waals surface area contributed by atoms with Crippen LogP contribution < -0.4 is 9.47 Å². The van der Waals surface area contributed by atoms with Crippen LogP contribution in [0.2, 0.25) is 0 Å². The Morgan fingerprint density at radius 1 is 0.875 bits per heavy atom. The van der Waals surface area contributed by atoms with Gasteiger partial charge >= 0.3 is 0 Å². The lowest BCUT2D eigenvalue weighted by Gasteiger charge is -2.27. The predicted octanol–water partition coefficient (Wildman–Crippen LogP) is 5.03. The van der Waals surface area contributed by atoms with Crippen LogP contribution in [0.1, 0.15) is 22.7 Å². The SMILES string of the molecule is COc1ccc(CN2C(=O)C(O)=C(c3ccc(OC)cc3)C2c2ccc(F)c(F)c2)cc1. The Balaban J connectivity index is 1.79. The van der Waals surface area contributed by atoms with Crippen LogP contribution in [0.3, 0.4) is 0 Å². The van der Waals surface area contributed by atoms with Crippen molar-refractivity contribution in [2.75, 3.05) is 14.2 Å². The summed E-state index contributed by atoms with van der Waals surface area (Å²) in [5.41, 5.74) is 2.02. The van der Waals surface area contributed by atoms with Gasteiger partial charge in [0.05, 0.1) is 20.3 Å². The number of nitrogens with zero attached hydrogens (tertiary/aromatic N) is 1. The third kappa shape index (κ3) is 3.89. The standard InChI is InChI=1S/C25H21F2NO4/c1-31-18-8-3-15(4-9-18)14-28-23(17-7-12-20(26)21(27)13-17)22(24(29)25(28)30)16-5-10-19(32-2)11-6-16/h3-13,23,29H,14H2,1-2H3. The Labute approximate surface area is 184 Å². The maximum Gasteiger partial charge on any atom is 0.290 e. The first-order chi connectivity index (χ1) is 15.4. The highest BCUT2D eigenvalue weighted by Crippen LogP contribution is 2.44. The van der Waals surface area contributed by atoms with Gasteiger partial charge < -0.3 is 19.5 Å². The molecule has 0 spiro atoms. The summed E-state index contributed by atoms with van der Waals surface area (Å²) in [5, 5.41) is 10.8. The molecule has 0 fully saturated rings. The number of methoxy groups -OCH3 is 2. The quantitative estimate of drug-likeness (QED) is 0.587. The smallest absolute Gasteiger partial charge is 0.290 e. The van der Waals surface area contributed by atoms with Gasteiger partial charge in [-0.3, -0.25) is 4.79 Å². The molecule has 1 heterocycles. The summed E-state index contributed by atoms with van der Waals surface area (Å²) in [6.07, 6.45) is 0. The van der Waals surface area contributed by atoms with Gasteiger partial charge in [0.15, 0.2) is 17.4 Å². The molecule has 3 aromatic rings. The van der Waals surface area contributed by atoms with Crippen LogP contribution in [0.15, 0.2) is 72.5 Å². The topological polar surface area (TPSA) is 59.0 Å². The van der Waals surface area contributed by atoms with Crippen molar-refractivity contribution < 1.29 is 28.2 Å². The van der Waals surface area contributed by atoms with Gasteiger partial charge in [-0.25, -0.2) is 8.78 Å². The molecule has 3 aromatic carbocycles. The summed E-state index contributed by atoms with van der Waals surface area (Å²) in [5.74, 6) is -1.77. The van der Waals surface area contributed by atoms with E-state index in [4.69, 9.17) is 9.47 Å². The first-order valence-corrected chi connectivity index (χ1v) is 9.89. The molecule has 1 aliphatic heterocycles. The molecule has 164 valence electrons. The second-order valence-corrected chi connectivity index (χ2v) is 7.35. The fourth-order valence-electron chi connectivity index (χ4n) is 3.84. The molecule has 1 N–H and O–H groups in total. The molecule has 7 heteroatoms. The molecule has 0 saturated heterocycles. The lowest BCUT2D eigenvalue weighted by atomic mass is 9.93. The zero-order valence-electron chi connectivity index (χ0n) is 17.5. The molecule has 5 nitrogen and oxygen atoms in total. The van der Waals surface area contributed by atoms with Crippen LogP contribution in [-0.4, -0.2) is 30.1 Å². The number of rotatable bonds is 6. The number of benzene rings is 3. The number of halogens is 2. The van der Waals surface area contributed by atoms with Gasteiger partial charge in [-0.2, -0.15) is 0 Å². The first kappa shape index (κ1) is 21.4. The largest absolute Gasteiger partial charge is 0.503 e.